The zero-order valence-electron chi connectivity index (χ0n) is 7.89. The Morgan fingerprint density at radius 3 is 1.41 bits per heavy atom. The van der Waals surface area contributed by atoms with Gasteiger partial charge < -0.3 is 15.2 Å². The Morgan fingerprint density at radius 2 is 1.12 bits per heavy atom. The van der Waals surface area contributed by atoms with Crippen LogP contribution >= 0.6 is 0 Å². The fourth-order valence-corrected chi connectivity index (χ4v) is 0.979. The van der Waals surface area contributed by atoms with Crippen molar-refractivity contribution in [2.75, 3.05) is 5.73 Å². The third-order valence-electron chi connectivity index (χ3n) is 1.37. The lowest BCUT2D eigenvalue weighted by molar-refractivity contribution is -0.276. The van der Waals surface area contributed by atoms with Gasteiger partial charge in [0.2, 0.25) is 0 Å². The summed E-state index contributed by atoms with van der Waals surface area (Å²) in [5, 5.41) is 0. The van der Waals surface area contributed by atoms with Crippen LogP contribution in [0.2, 0.25) is 0 Å². The highest BCUT2D eigenvalue weighted by Crippen LogP contribution is 2.31. The normalized spacial score (nSPS) is 12.4. The van der Waals surface area contributed by atoms with Crippen LogP contribution in [-0.4, -0.2) is 12.7 Å². The Hall–Kier alpha value is -1.80. The summed E-state index contributed by atoms with van der Waals surface area (Å²) < 4.78 is 77.7. The number of benzene rings is 1. The minimum absolute atomic E-state index is 0.356. The van der Waals surface area contributed by atoms with Crippen LogP contribution in [0.1, 0.15) is 0 Å². The van der Waals surface area contributed by atoms with E-state index in [0.717, 1.165) is 12.1 Å². The van der Waals surface area contributed by atoms with Gasteiger partial charge in [-0.1, -0.05) is 0 Å². The van der Waals surface area contributed by atoms with Crippen molar-refractivity contribution in [3.8, 4) is 11.5 Å². The number of nitrogen functional groups attached to an aromatic ring is 1. The Morgan fingerprint density at radius 1 is 0.765 bits per heavy atom. The molecule has 0 aliphatic carbocycles. The quantitative estimate of drug-likeness (QED) is 0.657. The zero-order valence-corrected chi connectivity index (χ0v) is 7.89. The van der Waals surface area contributed by atoms with Gasteiger partial charge in [-0.15, -0.1) is 26.3 Å². The highest BCUT2D eigenvalue weighted by molar-refractivity contribution is 5.50. The fourth-order valence-electron chi connectivity index (χ4n) is 0.979. The lowest BCUT2D eigenvalue weighted by Gasteiger charge is -2.13. The number of rotatable bonds is 2. The molecule has 0 aromatic heterocycles. The van der Waals surface area contributed by atoms with Gasteiger partial charge in [0.1, 0.15) is 11.5 Å². The molecule has 1 rings (SSSR count). The predicted molar refractivity (Wildman–Crippen MR) is 44.2 cm³/mol. The van der Waals surface area contributed by atoms with Gasteiger partial charge in [0, 0.05) is 23.9 Å². The minimum Gasteiger partial charge on any atom is -0.406 e. The summed E-state index contributed by atoms with van der Waals surface area (Å²) in [5.74, 6) is -1.78. The topological polar surface area (TPSA) is 44.5 Å². The molecule has 0 saturated heterocycles. The molecule has 0 heterocycles. The van der Waals surface area contributed by atoms with Crippen molar-refractivity contribution < 1.29 is 35.8 Å². The van der Waals surface area contributed by atoms with Gasteiger partial charge in [0.05, 0.1) is 0 Å². The molecule has 2 N–H and O–H groups in total. The molecule has 0 bridgehead atoms. The van der Waals surface area contributed by atoms with E-state index >= 15 is 0 Å². The standard InChI is InChI=1S/C8H5F6NO2/c9-7(10,11)16-5-1-4(15)2-6(3-5)17-8(12,13)14/h1-3H,15H2. The molecule has 0 fully saturated rings. The summed E-state index contributed by atoms with van der Waals surface area (Å²) in [7, 11) is 0. The van der Waals surface area contributed by atoms with Crippen molar-refractivity contribution in [2.24, 2.45) is 0 Å². The number of ether oxygens (including phenoxy) is 2. The molecule has 0 saturated carbocycles. The van der Waals surface area contributed by atoms with Crippen LogP contribution in [-0.2, 0) is 0 Å². The molecule has 0 atom stereocenters. The van der Waals surface area contributed by atoms with E-state index in [9.17, 15) is 26.3 Å². The van der Waals surface area contributed by atoms with Crippen molar-refractivity contribution in [1.29, 1.82) is 0 Å². The van der Waals surface area contributed by atoms with Gasteiger partial charge in [0.25, 0.3) is 0 Å². The maximum atomic E-state index is 11.8. The number of hydrogen-bond acceptors (Lipinski definition) is 3. The SMILES string of the molecule is Nc1cc(OC(F)(F)F)cc(OC(F)(F)F)c1. The van der Waals surface area contributed by atoms with Crippen molar-refractivity contribution >= 4 is 5.69 Å². The van der Waals surface area contributed by atoms with E-state index in [0.29, 0.717) is 6.07 Å². The Balaban J connectivity index is 2.95. The summed E-state index contributed by atoms with van der Waals surface area (Å²) in [6, 6.07) is 1.87. The number of alkyl halides is 6. The molecule has 0 unspecified atom stereocenters. The monoisotopic (exact) mass is 261 g/mol. The number of nitrogens with two attached hydrogens (primary N) is 1. The zero-order chi connectivity index (χ0) is 13.3. The van der Waals surface area contributed by atoms with Crippen LogP contribution in [0.15, 0.2) is 18.2 Å². The molecular formula is C8H5F6NO2. The maximum absolute atomic E-state index is 11.8. The predicted octanol–water partition coefficient (Wildman–Crippen LogP) is 3.07. The third-order valence-corrected chi connectivity index (χ3v) is 1.37. The number of anilines is 1. The van der Waals surface area contributed by atoms with Gasteiger partial charge in [-0.3, -0.25) is 0 Å². The summed E-state index contributed by atoms with van der Waals surface area (Å²) in [5.41, 5.74) is 4.75. The van der Waals surface area contributed by atoms with Gasteiger partial charge in [0.15, 0.2) is 0 Å². The van der Waals surface area contributed by atoms with Crippen molar-refractivity contribution in [3.63, 3.8) is 0 Å². The maximum Gasteiger partial charge on any atom is 0.573 e. The molecule has 0 radical (unpaired) electrons. The average Bonchev–Trinajstić information content (AvgIpc) is 1.93. The van der Waals surface area contributed by atoms with Crippen LogP contribution < -0.4 is 15.2 Å². The lowest BCUT2D eigenvalue weighted by atomic mass is 10.3. The Bertz CT molecular complexity index is 366. The fraction of sp³-hybridized carbons (Fsp3) is 0.250. The summed E-state index contributed by atoms with van der Waals surface area (Å²) in [4.78, 5) is 0. The molecule has 96 valence electrons. The summed E-state index contributed by atoms with van der Waals surface area (Å²) in [6.45, 7) is 0. The Kier molecular flexibility index (Phi) is 3.30. The summed E-state index contributed by atoms with van der Waals surface area (Å²) in [6.07, 6.45) is -10.0. The Labute approximate surface area is 90.7 Å². The molecule has 0 amide bonds. The second-order valence-corrected chi connectivity index (χ2v) is 2.83. The van der Waals surface area contributed by atoms with Gasteiger partial charge >= 0.3 is 12.7 Å². The van der Waals surface area contributed by atoms with Gasteiger partial charge in [-0.2, -0.15) is 0 Å². The second-order valence-electron chi connectivity index (χ2n) is 2.83. The van der Waals surface area contributed by atoms with E-state index in [-0.39, 0.29) is 5.69 Å². The molecular weight excluding hydrogens is 256 g/mol. The first-order chi connectivity index (χ1) is 7.55. The summed E-state index contributed by atoms with van der Waals surface area (Å²) >= 11 is 0. The van der Waals surface area contributed by atoms with Crippen molar-refractivity contribution in [2.45, 2.75) is 12.7 Å². The lowest BCUT2D eigenvalue weighted by Crippen LogP contribution is -2.19. The average molecular weight is 261 g/mol. The molecule has 0 aliphatic rings. The first-order valence-electron chi connectivity index (χ1n) is 3.97. The van der Waals surface area contributed by atoms with Crippen LogP contribution in [0, 0.1) is 0 Å². The second kappa shape index (κ2) is 4.22. The first-order valence-corrected chi connectivity index (χ1v) is 3.97. The molecule has 0 spiro atoms. The van der Waals surface area contributed by atoms with Gasteiger partial charge in [-0.25, -0.2) is 0 Å². The van der Waals surface area contributed by atoms with E-state index in [4.69, 9.17) is 5.73 Å². The smallest absolute Gasteiger partial charge is 0.406 e. The highest BCUT2D eigenvalue weighted by atomic mass is 19.4. The van der Waals surface area contributed by atoms with E-state index in [2.05, 4.69) is 9.47 Å². The van der Waals surface area contributed by atoms with E-state index < -0.39 is 24.2 Å². The van der Waals surface area contributed by atoms with Crippen LogP contribution in [0.5, 0.6) is 11.5 Å². The van der Waals surface area contributed by atoms with Gasteiger partial charge in [-0.05, 0) is 0 Å². The van der Waals surface area contributed by atoms with Crippen LogP contribution in [0.25, 0.3) is 0 Å². The molecule has 17 heavy (non-hydrogen) atoms. The van der Waals surface area contributed by atoms with Crippen molar-refractivity contribution in [1.82, 2.24) is 0 Å². The minimum atomic E-state index is -5.02. The van der Waals surface area contributed by atoms with E-state index in [1.165, 1.54) is 0 Å². The number of hydrogen-bond donors (Lipinski definition) is 1. The molecule has 1 aromatic rings. The largest absolute Gasteiger partial charge is 0.573 e. The van der Waals surface area contributed by atoms with Crippen LogP contribution in [0.3, 0.4) is 0 Å². The van der Waals surface area contributed by atoms with Crippen LogP contribution in [0.4, 0.5) is 32.0 Å². The molecule has 1 aromatic carbocycles. The first kappa shape index (κ1) is 13.3. The third kappa shape index (κ3) is 5.18. The highest BCUT2D eigenvalue weighted by Gasteiger charge is 2.33. The molecule has 0 aliphatic heterocycles. The molecule has 9 heteroatoms. The van der Waals surface area contributed by atoms with E-state index in [1.54, 1.807) is 0 Å². The van der Waals surface area contributed by atoms with E-state index in [1.807, 2.05) is 0 Å². The van der Waals surface area contributed by atoms with Crippen molar-refractivity contribution in [3.05, 3.63) is 18.2 Å². The molecule has 3 nitrogen and oxygen atoms in total. The number of halogens is 6.